The zero-order chi connectivity index (χ0) is 25.4. The molecule has 0 atom stereocenters. The lowest BCUT2D eigenvalue weighted by molar-refractivity contribution is -0.225. The van der Waals surface area contributed by atoms with Crippen LogP contribution in [-0.2, 0) is 37.8 Å². The van der Waals surface area contributed by atoms with Gasteiger partial charge in [-0.15, -0.1) is 11.3 Å². The molecule has 1 spiro atoms. The van der Waals surface area contributed by atoms with Crippen molar-refractivity contribution in [1.29, 1.82) is 0 Å². The molecule has 2 fully saturated rings. The maximum absolute atomic E-state index is 12.4. The van der Waals surface area contributed by atoms with E-state index in [0.717, 1.165) is 22.3 Å². The zero-order valence-corrected chi connectivity index (χ0v) is 22.2. The monoisotopic (exact) mass is 539 g/mol. The van der Waals surface area contributed by atoms with Crippen molar-refractivity contribution in [3.05, 3.63) is 57.1 Å². The minimum Gasteiger partial charge on any atom is -0.416 e. The van der Waals surface area contributed by atoms with Gasteiger partial charge in [-0.25, -0.2) is 4.98 Å². The van der Waals surface area contributed by atoms with Crippen LogP contribution in [0.4, 0.5) is 5.69 Å². The molecule has 6 rings (SSSR count). The van der Waals surface area contributed by atoms with Crippen molar-refractivity contribution >= 4 is 50.8 Å². The number of aromatic nitrogens is 1. The fourth-order valence-corrected chi connectivity index (χ4v) is 7.12. The zero-order valence-electron chi connectivity index (χ0n) is 20.6. The van der Waals surface area contributed by atoms with Crippen molar-refractivity contribution < 1.29 is 19.1 Å². The molecule has 9 heteroatoms. The summed E-state index contributed by atoms with van der Waals surface area (Å²) in [5.74, 6) is -1.79. The van der Waals surface area contributed by atoms with Gasteiger partial charge in [0, 0.05) is 18.0 Å². The van der Waals surface area contributed by atoms with E-state index in [4.69, 9.17) is 26.1 Å². The highest BCUT2D eigenvalue weighted by atomic mass is 35.5. The molecule has 3 aliphatic rings. The van der Waals surface area contributed by atoms with Gasteiger partial charge in [0.2, 0.25) is 0 Å². The number of carbonyl (C=O) groups is 2. The van der Waals surface area contributed by atoms with Crippen molar-refractivity contribution in [2.45, 2.75) is 69.6 Å². The van der Waals surface area contributed by atoms with Crippen molar-refractivity contribution in [2.24, 2.45) is 0 Å². The second kappa shape index (κ2) is 10.2. The minimum atomic E-state index is -1.49. The Balaban J connectivity index is 1.28. The topological polar surface area (TPSA) is 89.6 Å². The van der Waals surface area contributed by atoms with Crippen LogP contribution in [0.5, 0.6) is 0 Å². The molecule has 1 aliphatic carbocycles. The van der Waals surface area contributed by atoms with Crippen molar-refractivity contribution in [3.8, 4) is 0 Å². The molecule has 1 saturated heterocycles. The molecule has 2 aromatic carbocycles. The first-order valence-electron chi connectivity index (χ1n) is 13.1. The highest BCUT2D eigenvalue weighted by Crippen LogP contribution is 2.41. The maximum Gasteiger partial charge on any atom is 0.309 e. The summed E-state index contributed by atoms with van der Waals surface area (Å²) in [4.78, 5) is 29.7. The van der Waals surface area contributed by atoms with Crippen molar-refractivity contribution in [2.75, 3.05) is 18.4 Å². The predicted molar refractivity (Wildman–Crippen MR) is 144 cm³/mol. The van der Waals surface area contributed by atoms with Gasteiger partial charge in [-0.2, -0.15) is 0 Å². The maximum atomic E-state index is 12.4. The van der Waals surface area contributed by atoms with Crippen LogP contribution in [0, 0.1) is 0 Å². The number of thiazole rings is 1. The molecule has 0 radical (unpaired) electrons. The number of esters is 2. The number of benzene rings is 2. The number of carbonyl (C=O) groups excluding carboxylic acids is 2. The molecule has 2 aliphatic heterocycles. The molecule has 3 heterocycles. The first-order valence-corrected chi connectivity index (χ1v) is 14.3. The van der Waals surface area contributed by atoms with Gasteiger partial charge in [-0.3, -0.25) is 9.59 Å². The van der Waals surface area contributed by atoms with Crippen LogP contribution in [0.15, 0.2) is 30.3 Å². The molecule has 2 N–H and O–H groups in total. The largest absolute Gasteiger partial charge is 0.416 e. The Morgan fingerprint density at radius 1 is 1.05 bits per heavy atom. The lowest BCUT2D eigenvalue weighted by Crippen LogP contribution is -2.43. The molecular weight excluding hydrogens is 510 g/mol. The minimum absolute atomic E-state index is 0.0110. The van der Waals surface area contributed by atoms with E-state index in [1.807, 2.05) is 11.3 Å². The summed E-state index contributed by atoms with van der Waals surface area (Å²) in [6, 6.07) is 9.99. The van der Waals surface area contributed by atoms with Crippen LogP contribution in [0.25, 0.3) is 10.2 Å². The number of fused-ring (bicyclic) bond motifs is 3. The summed E-state index contributed by atoms with van der Waals surface area (Å²) < 4.78 is 12.7. The summed E-state index contributed by atoms with van der Waals surface area (Å²) in [6.45, 7) is 1.41. The molecule has 0 amide bonds. The average Bonchev–Trinajstić information content (AvgIpc) is 3.17. The summed E-state index contributed by atoms with van der Waals surface area (Å²) >= 11 is 8.49. The third kappa shape index (κ3) is 4.94. The van der Waals surface area contributed by atoms with Crippen molar-refractivity contribution in [3.63, 3.8) is 0 Å². The lowest BCUT2D eigenvalue weighted by atomic mass is 9.90. The third-order valence-corrected chi connectivity index (χ3v) is 9.06. The number of ether oxygens (including phenoxy) is 2. The first kappa shape index (κ1) is 24.6. The summed E-state index contributed by atoms with van der Waals surface area (Å²) in [5, 5.41) is 8.62. The molecule has 7 nitrogen and oxygen atoms in total. The Morgan fingerprint density at radius 3 is 2.62 bits per heavy atom. The van der Waals surface area contributed by atoms with E-state index in [-0.39, 0.29) is 19.4 Å². The van der Waals surface area contributed by atoms with E-state index in [1.54, 1.807) is 12.1 Å². The Kier molecular flexibility index (Phi) is 6.82. The van der Waals surface area contributed by atoms with Crippen LogP contribution in [0.1, 0.15) is 72.6 Å². The Morgan fingerprint density at radius 2 is 1.84 bits per heavy atom. The van der Waals surface area contributed by atoms with E-state index in [9.17, 15) is 9.59 Å². The molecule has 1 saturated carbocycles. The summed E-state index contributed by atoms with van der Waals surface area (Å²) in [6.07, 6.45) is 7.09. The fourth-order valence-electron chi connectivity index (χ4n) is 5.68. The van der Waals surface area contributed by atoms with Gasteiger partial charge in [0.05, 0.1) is 45.3 Å². The number of hydrogen-bond donors (Lipinski definition) is 2. The van der Waals surface area contributed by atoms with Crippen LogP contribution in [0.3, 0.4) is 0 Å². The molecule has 3 aromatic rings. The van der Waals surface area contributed by atoms with Gasteiger partial charge in [0.15, 0.2) is 0 Å². The van der Waals surface area contributed by atoms with Crippen molar-refractivity contribution in [1.82, 2.24) is 10.3 Å². The summed E-state index contributed by atoms with van der Waals surface area (Å²) in [5.41, 5.74) is 4.51. The van der Waals surface area contributed by atoms with Gasteiger partial charge >= 0.3 is 11.9 Å². The molecule has 194 valence electrons. The number of anilines is 1. The lowest BCUT2D eigenvalue weighted by Gasteiger charge is -2.32. The normalized spacial score (nSPS) is 20.1. The number of rotatable bonds is 4. The fraction of sp³-hybridized carbons (Fsp3) is 0.464. The van der Waals surface area contributed by atoms with Crippen LogP contribution < -0.4 is 10.6 Å². The highest BCUT2D eigenvalue weighted by molar-refractivity contribution is 7.18. The second-order valence-corrected chi connectivity index (χ2v) is 11.6. The highest BCUT2D eigenvalue weighted by Gasteiger charge is 2.46. The van der Waals surface area contributed by atoms with Gasteiger partial charge in [-0.05, 0) is 61.2 Å². The van der Waals surface area contributed by atoms with Gasteiger partial charge in [-0.1, -0.05) is 36.9 Å². The quantitative estimate of drug-likeness (QED) is 0.406. The number of hydrogen-bond acceptors (Lipinski definition) is 8. The molecular formula is C28H30ClN3O4S. The summed E-state index contributed by atoms with van der Waals surface area (Å²) in [7, 11) is 0. The third-order valence-electron chi connectivity index (χ3n) is 7.57. The average molecular weight is 540 g/mol. The Hall–Kier alpha value is -2.68. The second-order valence-electron chi connectivity index (χ2n) is 10.1. The number of halogens is 1. The Bertz CT molecular complexity index is 1330. The van der Waals surface area contributed by atoms with E-state index < -0.39 is 17.7 Å². The molecule has 0 unspecified atom stereocenters. The van der Waals surface area contributed by atoms with E-state index in [0.29, 0.717) is 36.0 Å². The van der Waals surface area contributed by atoms with Gasteiger partial charge in [0.25, 0.3) is 5.79 Å². The Labute approximate surface area is 224 Å². The SMILES string of the molecule is O=C1CCC(=O)OC2(CNCCc3c2ccc(Cl)c3NCc2ccc3nc(C4CCCCC4)sc3c2)O1. The van der Waals surface area contributed by atoms with E-state index in [2.05, 4.69) is 28.8 Å². The molecule has 0 bridgehead atoms. The van der Waals surface area contributed by atoms with Crippen LogP contribution in [0.2, 0.25) is 5.02 Å². The predicted octanol–water partition coefficient (Wildman–Crippen LogP) is 5.79. The number of nitrogens with zero attached hydrogens (tertiary/aromatic N) is 1. The van der Waals surface area contributed by atoms with Crippen LogP contribution in [-0.4, -0.2) is 30.0 Å². The standard InChI is InChI=1S/C28H30ClN3O4S/c29-21-8-7-20-19(12-13-30-16-28(20)35-24(33)10-11-25(34)36-28)26(21)31-15-17-6-9-22-23(14-17)37-27(32-22)18-4-2-1-3-5-18/h6-9,14,18,30-31H,1-5,10-13,15-16H2. The molecule has 37 heavy (non-hydrogen) atoms. The smallest absolute Gasteiger partial charge is 0.309 e. The van der Waals surface area contributed by atoms with E-state index in [1.165, 1.54) is 41.8 Å². The van der Waals surface area contributed by atoms with Gasteiger partial charge < -0.3 is 20.1 Å². The van der Waals surface area contributed by atoms with E-state index >= 15 is 0 Å². The number of nitrogens with one attached hydrogen (secondary N) is 2. The first-order chi connectivity index (χ1) is 18.0. The van der Waals surface area contributed by atoms with Crippen LogP contribution >= 0.6 is 22.9 Å². The molecule has 1 aromatic heterocycles. The van der Waals surface area contributed by atoms with Gasteiger partial charge in [0.1, 0.15) is 0 Å².